The molecule has 3 aromatic rings. The molecule has 0 radical (unpaired) electrons. The largest absolute Gasteiger partial charge is 0.328 e. The van der Waals surface area contributed by atoms with E-state index in [1.807, 2.05) is 24.4 Å². The fraction of sp³-hybridized carbons (Fsp3) is 0.353. The molecule has 24 heavy (non-hydrogen) atoms. The van der Waals surface area contributed by atoms with Crippen LogP contribution in [0.1, 0.15) is 31.5 Å². The van der Waals surface area contributed by atoms with Crippen LogP contribution >= 0.6 is 0 Å². The van der Waals surface area contributed by atoms with Crippen LogP contribution in [0, 0.1) is 5.82 Å². The number of hydrogen-bond donors (Lipinski definition) is 2. The maximum atomic E-state index is 14.4. The van der Waals surface area contributed by atoms with E-state index in [4.69, 9.17) is 11.5 Å². The summed E-state index contributed by atoms with van der Waals surface area (Å²) >= 11 is 0. The summed E-state index contributed by atoms with van der Waals surface area (Å²) in [5.74, 6) is -0.0165. The van der Waals surface area contributed by atoms with Crippen LogP contribution in [-0.2, 0) is 5.54 Å². The van der Waals surface area contributed by atoms with Gasteiger partial charge in [0.2, 0.25) is 0 Å². The number of nitrogens with two attached hydrogens (primary N) is 2. The Balaban J connectivity index is 1.80. The van der Waals surface area contributed by atoms with Crippen molar-refractivity contribution in [2.45, 2.75) is 37.3 Å². The lowest BCUT2D eigenvalue weighted by atomic mass is 9.80. The molecule has 0 unspecified atom stereocenters. The summed E-state index contributed by atoms with van der Waals surface area (Å²) in [7, 11) is 0. The van der Waals surface area contributed by atoms with Crippen LogP contribution in [0.15, 0.2) is 36.8 Å². The van der Waals surface area contributed by atoms with E-state index in [0.29, 0.717) is 24.4 Å². The molecular weight excluding hydrogens is 307 g/mol. The van der Waals surface area contributed by atoms with E-state index < -0.39 is 11.4 Å². The van der Waals surface area contributed by atoms with Crippen LogP contribution < -0.4 is 11.5 Å². The summed E-state index contributed by atoms with van der Waals surface area (Å²) < 4.78 is 16.2. The second-order valence-corrected chi connectivity index (χ2v) is 6.46. The van der Waals surface area contributed by atoms with E-state index in [-0.39, 0.29) is 11.7 Å². The fourth-order valence-corrected chi connectivity index (χ4v) is 3.27. The number of nitrogens with zero attached hydrogens (tertiary/aromatic N) is 4. The molecule has 4 rings (SSSR count). The Morgan fingerprint density at radius 3 is 2.75 bits per heavy atom. The molecule has 6 nitrogen and oxygen atoms in total. The van der Waals surface area contributed by atoms with Gasteiger partial charge in [0, 0.05) is 12.2 Å². The van der Waals surface area contributed by atoms with Gasteiger partial charge in [0.25, 0.3) is 0 Å². The number of fused-ring (bicyclic) bond motifs is 1. The van der Waals surface area contributed by atoms with Crippen LogP contribution in [0.4, 0.5) is 4.39 Å². The molecule has 0 bridgehead atoms. The minimum atomic E-state index is -0.654. The summed E-state index contributed by atoms with van der Waals surface area (Å²) in [6.07, 6.45) is 7.69. The third-order valence-electron chi connectivity index (χ3n) is 4.77. The smallest absolute Gasteiger partial charge is 0.169 e. The molecule has 0 aromatic carbocycles. The molecule has 124 valence electrons. The maximum absolute atomic E-state index is 14.4. The summed E-state index contributed by atoms with van der Waals surface area (Å²) in [5.41, 5.74) is 13.3. The molecule has 4 N–H and O–H groups in total. The van der Waals surface area contributed by atoms with Gasteiger partial charge < -0.3 is 11.5 Å². The van der Waals surface area contributed by atoms with Crippen molar-refractivity contribution in [3.05, 3.63) is 48.4 Å². The highest BCUT2D eigenvalue weighted by molar-refractivity contribution is 5.60. The van der Waals surface area contributed by atoms with Gasteiger partial charge in [-0.2, -0.15) is 0 Å². The van der Waals surface area contributed by atoms with Gasteiger partial charge >= 0.3 is 0 Å². The van der Waals surface area contributed by atoms with E-state index >= 15 is 0 Å². The van der Waals surface area contributed by atoms with Crippen molar-refractivity contribution in [1.82, 2.24) is 19.4 Å². The number of pyridine rings is 1. The second kappa shape index (κ2) is 5.61. The molecular formula is C17H19FN6. The van der Waals surface area contributed by atoms with Crippen molar-refractivity contribution < 1.29 is 4.39 Å². The molecule has 1 aliphatic rings. The van der Waals surface area contributed by atoms with E-state index in [1.165, 1.54) is 6.20 Å². The zero-order valence-electron chi connectivity index (χ0n) is 13.2. The summed E-state index contributed by atoms with van der Waals surface area (Å²) in [6, 6.07) is 5.77. The van der Waals surface area contributed by atoms with Crippen LogP contribution in [0.5, 0.6) is 0 Å². The highest BCUT2D eigenvalue weighted by atomic mass is 19.1. The van der Waals surface area contributed by atoms with Gasteiger partial charge in [-0.1, -0.05) is 6.07 Å². The monoisotopic (exact) mass is 326 g/mol. The Hall–Kier alpha value is -2.38. The van der Waals surface area contributed by atoms with Crippen molar-refractivity contribution >= 4 is 5.65 Å². The lowest BCUT2D eigenvalue weighted by molar-refractivity contribution is 0.264. The third-order valence-corrected chi connectivity index (χ3v) is 4.77. The molecule has 0 aliphatic heterocycles. The average Bonchev–Trinajstić information content (AvgIpc) is 3.02. The third kappa shape index (κ3) is 2.46. The Labute approximate surface area is 138 Å². The highest BCUT2D eigenvalue weighted by Gasteiger charge is 2.35. The van der Waals surface area contributed by atoms with Gasteiger partial charge in [0.1, 0.15) is 17.2 Å². The summed E-state index contributed by atoms with van der Waals surface area (Å²) in [5, 5.41) is 0. The maximum Gasteiger partial charge on any atom is 0.169 e. The Bertz CT molecular complexity index is 882. The summed E-state index contributed by atoms with van der Waals surface area (Å²) in [6.45, 7) is 0. The zero-order chi connectivity index (χ0) is 16.7. The number of hydrogen-bond acceptors (Lipinski definition) is 5. The van der Waals surface area contributed by atoms with E-state index in [9.17, 15) is 4.39 Å². The van der Waals surface area contributed by atoms with Gasteiger partial charge in [0.15, 0.2) is 5.82 Å². The Morgan fingerprint density at radius 2 is 1.96 bits per heavy atom. The van der Waals surface area contributed by atoms with Crippen molar-refractivity contribution in [2.24, 2.45) is 11.5 Å². The van der Waals surface area contributed by atoms with E-state index in [2.05, 4.69) is 15.0 Å². The predicted molar refractivity (Wildman–Crippen MR) is 88.5 cm³/mol. The lowest BCUT2D eigenvalue weighted by Crippen LogP contribution is -2.45. The first kappa shape index (κ1) is 15.2. The molecule has 1 fully saturated rings. The molecule has 1 aliphatic carbocycles. The van der Waals surface area contributed by atoms with Crippen LogP contribution in [0.2, 0.25) is 0 Å². The highest BCUT2D eigenvalue weighted by Crippen LogP contribution is 2.33. The Morgan fingerprint density at radius 1 is 1.17 bits per heavy atom. The lowest BCUT2D eigenvalue weighted by Gasteiger charge is -2.34. The van der Waals surface area contributed by atoms with Gasteiger partial charge in [-0.25, -0.2) is 19.3 Å². The first-order valence-corrected chi connectivity index (χ1v) is 8.07. The first-order valence-electron chi connectivity index (χ1n) is 8.07. The quantitative estimate of drug-likeness (QED) is 0.751. The number of rotatable bonds is 2. The van der Waals surface area contributed by atoms with Gasteiger partial charge in [-0.05, 0) is 37.8 Å². The zero-order valence-corrected chi connectivity index (χ0v) is 13.2. The van der Waals surface area contributed by atoms with Crippen molar-refractivity contribution in [3.63, 3.8) is 0 Å². The van der Waals surface area contributed by atoms with Crippen molar-refractivity contribution in [1.29, 1.82) is 0 Å². The standard InChI is InChI=1S/C17H19FN6/c18-12-9-22-16(17(20)6-4-11(19)5-7-17)23-15(12)13-10-21-14-3-1-2-8-24(13)14/h1-3,8-11H,4-7,19-20H2. The average molecular weight is 326 g/mol. The molecule has 0 saturated heterocycles. The molecule has 3 aromatic heterocycles. The van der Waals surface area contributed by atoms with Crippen LogP contribution in [-0.4, -0.2) is 25.4 Å². The number of halogens is 1. The van der Waals surface area contributed by atoms with E-state index in [0.717, 1.165) is 18.5 Å². The molecule has 1 saturated carbocycles. The molecule has 3 heterocycles. The molecule has 0 amide bonds. The van der Waals surface area contributed by atoms with Gasteiger partial charge in [-0.3, -0.25) is 4.40 Å². The first-order chi connectivity index (χ1) is 11.6. The van der Waals surface area contributed by atoms with Crippen LogP contribution in [0.3, 0.4) is 0 Å². The van der Waals surface area contributed by atoms with Gasteiger partial charge in [0.05, 0.1) is 23.6 Å². The number of aromatic nitrogens is 4. The van der Waals surface area contributed by atoms with Crippen molar-refractivity contribution in [2.75, 3.05) is 0 Å². The fourth-order valence-electron chi connectivity index (χ4n) is 3.27. The summed E-state index contributed by atoms with van der Waals surface area (Å²) in [4.78, 5) is 12.9. The van der Waals surface area contributed by atoms with E-state index in [1.54, 1.807) is 10.6 Å². The number of imidazole rings is 1. The minimum absolute atomic E-state index is 0.167. The van der Waals surface area contributed by atoms with Gasteiger partial charge in [-0.15, -0.1) is 0 Å². The van der Waals surface area contributed by atoms with Crippen LogP contribution in [0.25, 0.3) is 17.0 Å². The predicted octanol–water partition coefficient (Wildman–Crippen LogP) is 1.99. The molecule has 0 spiro atoms. The normalized spacial score (nSPS) is 24.4. The molecule has 7 heteroatoms. The SMILES string of the molecule is NC1CCC(N)(c2ncc(F)c(-c3cnc4ccccn34)n2)CC1. The topological polar surface area (TPSA) is 95.1 Å². The van der Waals surface area contributed by atoms with Crippen molar-refractivity contribution in [3.8, 4) is 11.4 Å². The minimum Gasteiger partial charge on any atom is -0.328 e. The molecule has 0 atom stereocenters. The Kier molecular flexibility index (Phi) is 3.54. The second-order valence-electron chi connectivity index (χ2n) is 6.46.